The van der Waals surface area contributed by atoms with Crippen molar-refractivity contribution in [1.82, 2.24) is 9.97 Å². The van der Waals surface area contributed by atoms with Crippen molar-refractivity contribution < 1.29 is 9.18 Å². The Kier molecular flexibility index (Phi) is 2.72. The van der Waals surface area contributed by atoms with Gasteiger partial charge in [-0.3, -0.25) is 4.79 Å². The van der Waals surface area contributed by atoms with Crippen LogP contribution in [0.3, 0.4) is 0 Å². The Labute approximate surface area is 92.0 Å². The van der Waals surface area contributed by atoms with E-state index in [1.54, 1.807) is 12.4 Å². The fourth-order valence-electron chi connectivity index (χ4n) is 1.50. The summed E-state index contributed by atoms with van der Waals surface area (Å²) in [6.45, 7) is 1.44. The first-order valence-corrected chi connectivity index (χ1v) is 4.74. The highest BCUT2D eigenvalue weighted by Crippen LogP contribution is 2.23. The van der Waals surface area contributed by atoms with E-state index in [1.165, 1.54) is 31.5 Å². The van der Waals surface area contributed by atoms with Crippen molar-refractivity contribution in [2.45, 2.75) is 6.92 Å². The summed E-state index contributed by atoms with van der Waals surface area (Å²) in [5, 5.41) is 0. The SMILES string of the molecule is CC(=O)c1ccc(F)cc1-c1cncnc1. The molecule has 1 aromatic heterocycles. The number of halogens is 1. The number of aromatic nitrogens is 2. The van der Waals surface area contributed by atoms with E-state index in [4.69, 9.17) is 0 Å². The van der Waals surface area contributed by atoms with Crippen LogP contribution in [0.15, 0.2) is 36.9 Å². The third-order valence-corrected chi connectivity index (χ3v) is 2.23. The zero-order valence-electron chi connectivity index (χ0n) is 8.64. The summed E-state index contributed by atoms with van der Waals surface area (Å²) >= 11 is 0. The van der Waals surface area contributed by atoms with Gasteiger partial charge >= 0.3 is 0 Å². The van der Waals surface area contributed by atoms with Crippen molar-refractivity contribution in [2.75, 3.05) is 0 Å². The summed E-state index contributed by atoms with van der Waals surface area (Å²) in [7, 11) is 0. The van der Waals surface area contributed by atoms with Crippen LogP contribution in [0.5, 0.6) is 0 Å². The second kappa shape index (κ2) is 4.18. The van der Waals surface area contributed by atoms with E-state index in [9.17, 15) is 9.18 Å². The molecule has 16 heavy (non-hydrogen) atoms. The molecule has 0 N–H and O–H groups in total. The summed E-state index contributed by atoms with van der Waals surface area (Å²) in [6.07, 6.45) is 4.48. The number of hydrogen-bond donors (Lipinski definition) is 0. The van der Waals surface area contributed by atoms with Crippen molar-refractivity contribution in [2.24, 2.45) is 0 Å². The second-order valence-electron chi connectivity index (χ2n) is 3.37. The largest absolute Gasteiger partial charge is 0.294 e. The molecule has 0 radical (unpaired) electrons. The first-order chi connectivity index (χ1) is 7.68. The van der Waals surface area contributed by atoms with E-state index < -0.39 is 0 Å². The van der Waals surface area contributed by atoms with Gasteiger partial charge in [0.05, 0.1) is 0 Å². The van der Waals surface area contributed by atoms with Crippen LogP contribution in [0, 0.1) is 5.82 Å². The average molecular weight is 216 g/mol. The number of benzene rings is 1. The van der Waals surface area contributed by atoms with Crippen LogP contribution < -0.4 is 0 Å². The van der Waals surface area contributed by atoms with Crippen LogP contribution in [0.4, 0.5) is 4.39 Å². The van der Waals surface area contributed by atoms with E-state index in [1.807, 2.05) is 0 Å². The molecule has 2 rings (SSSR count). The molecule has 2 aromatic rings. The molecule has 0 bridgehead atoms. The number of nitrogens with zero attached hydrogens (tertiary/aromatic N) is 2. The van der Waals surface area contributed by atoms with Gasteiger partial charge in [-0.1, -0.05) is 0 Å². The minimum atomic E-state index is -0.385. The number of rotatable bonds is 2. The highest BCUT2D eigenvalue weighted by atomic mass is 19.1. The van der Waals surface area contributed by atoms with Crippen LogP contribution in [0.2, 0.25) is 0 Å². The lowest BCUT2D eigenvalue weighted by Gasteiger charge is -2.06. The molecule has 0 unspecified atom stereocenters. The number of hydrogen-bond acceptors (Lipinski definition) is 3. The van der Waals surface area contributed by atoms with Crippen LogP contribution in [-0.4, -0.2) is 15.8 Å². The Morgan fingerprint density at radius 2 is 1.94 bits per heavy atom. The van der Waals surface area contributed by atoms with Gasteiger partial charge in [0.15, 0.2) is 5.78 Å². The lowest BCUT2D eigenvalue weighted by molar-refractivity contribution is 0.101. The van der Waals surface area contributed by atoms with Gasteiger partial charge in [-0.15, -0.1) is 0 Å². The van der Waals surface area contributed by atoms with Gasteiger partial charge in [0.2, 0.25) is 0 Å². The number of ketones is 1. The molecule has 0 atom stereocenters. The maximum atomic E-state index is 13.1. The number of carbonyl (C=O) groups excluding carboxylic acids is 1. The smallest absolute Gasteiger partial charge is 0.160 e. The Bertz CT molecular complexity index is 526. The lowest BCUT2D eigenvalue weighted by Crippen LogP contribution is -1.97. The van der Waals surface area contributed by atoms with Crippen LogP contribution in [-0.2, 0) is 0 Å². The maximum absolute atomic E-state index is 13.1. The third kappa shape index (κ3) is 1.95. The maximum Gasteiger partial charge on any atom is 0.160 e. The van der Waals surface area contributed by atoms with E-state index in [0.717, 1.165) is 0 Å². The summed E-state index contributed by atoms with van der Waals surface area (Å²) in [5.41, 5.74) is 1.62. The van der Waals surface area contributed by atoms with Crippen LogP contribution >= 0.6 is 0 Å². The van der Waals surface area contributed by atoms with Crippen molar-refractivity contribution in [3.63, 3.8) is 0 Å². The van der Waals surface area contributed by atoms with Gasteiger partial charge in [-0.05, 0) is 30.7 Å². The lowest BCUT2D eigenvalue weighted by atomic mass is 9.99. The highest BCUT2D eigenvalue weighted by Gasteiger charge is 2.10. The molecule has 0 amide bonds. The summed E-state index contributed by atoms with van der Waals surface area (Å²) in [5.74, 6) is -0.497. The molecule has 1 heterocycles. The topological polar surface area (TPSA) is 42.9 Å². The minimum Gasteiger partial charge on any atom is -0.294 e. The molecule has 1 aromatic carbocycles. The first kappa shape index (κ1) is 10.4. The van der Waals surface area contributed by atoms with Gasteiger partial charge in [0.1, 0.15) is 12.1 Å². The fourth-order valence-corrected chi connectivity index (χ4v) is 1.50. The summed E-state index contributed by atoms with van der Waals surface area (Å²) in [4.78, 5) is 19.1. The average Bonchev–Trinajstić information content (AvgIpc) is 2.29. The van der Waals surface area contributed by atoms with Crippen molar-refractivity contribution in [3.05, 3.63) is 48.3 Å². The van der Waals surface area contributed by atoms with Crippen LogP contribution in [0.25, 0.3) is 11.1 Å². The Hall–Kier alpha value is -2.10. The second-order valence-corrected chi connectivity index (χ2v) is 3.37. The van der Waals surface area contributed by atoms with Crippen molar-refractivity contribution >= 4 is 5.78 Å². The quantitative estimate of drug-likeness (QED) is 0.724. The molecule has 4 heteroatoms. The molecule has 0 fully saturated rings. The molecule has 0 spiro atoms. The predicted molar refractivity (Wildman–Crippen MR) is 57.4 cm³/mol. The van der Waals surface area contributed by atoms with Gasteiger partial charge in [0.25, 0.3) is 0 Å². The Morgan fingerprint density at radius 3 is 2.56 bits per heavy atom. The standard InChI is InChI=1S/C12H9FN2O/c1-8(16)11-3-2-10(13)4-12(11)9-5-14-7-15-6-9/h2-7H,1H3. The number of carbonyl (C=O) groups is 1. The van der Waals surface area contributed by atoms with E-state index >= 15 is 0 Å². The monoisotopic (exact) mass is 216 g/mol. The molecule has 0 aliphatic carbocycles. The molecule has 80 valence electrons. The first-order valence-electron chi connectivity index (χ1n) is 4.74. The molecular weight excluding hydrogens is 207 g/mol. The summed E-state index contributed by atoms with van der Waals surface area (Å²) in [6, 6.07) is 4.06. The molecule has 3 nitrogen and oxygen atoms in total. The van der Waals surface area contributed by atoms with Gasteiger partial charge < -0.3 is 0 Å². The molecule has 0 saturated carbocycles. The Morgan fingerprint density at radius 1 is 1.25 bits per heavy atom. The van der Waals surface area contributed by atoms with Crippen LogP contribution in [0.1, 0.15) is 17.3 Å². The number of Topliss-reactive ketones (excluding diaryl/α,β-unsaturated/α-hetero) is 1. The molecule has 0 aliphatic rings. The Balaban J connectivity index is 2.63. The normalized spacial score (nSPS) is 10.1. The van der Waals surface area contributed by atoms with E-state index in [0.29, 0.717) is 16.7 Å². The van der Waals surface area contributed by atoms with E-state index in [-0.39, 0.29) is 11.6 Å². The van der Waals surface area contributed by atoms with Crippen molar-refractivity contribution in [3.8, 4) is 11.1 Å². The summed E-state index contributed by atoms with van der Waals surface area (Å²) < 4.78 is 13.1. The molecule has 0 aliphatic heterocycles. The van der Waals surface area contributed by atoms with E-state index in [2.05, 4.69) is 9.97 Å². The fraction of sp³-hybridized carbons (Fsp3) is 0.0833. The van der Waals surface area contributed by atoms with Gasteiger partial charge in [-0.2, -0.15) is 0 Å². The molecule has 0 saturated heterocycles. The zero-order chi connectivity index (χ0) is 11.5. The van der Waals surface area contributed by atoms with Gasteiger partial charge in [0, 0.05) is 23.5 Å². The third-order valence-electron chi connectivity index (χ3n) is 2.23. The molecular formula is C12H9FN2O. The zero-order valence-corrected chi connectivity index (χ0v) is 8.64. The minimum absolute atomic E-state index is 0.112. The van der Waals surface area contributed by atoms with Gasteiger partial charge in [-0.25, -0.2) is 14.4 Å². The van der Waals surface area contributed by atoms with Crippen molar-refractivity contribution in [1.29, 1.82) is 0 Å². The predicted octanol–water partition coefficient (Wildman–Crippen LogP) is 2.49. The highest BCUT2D eigenvalue weighted by molar-refractivity contribution is 6.00.